The monoisotopic (exact) mass is 442 g/mol. The largest absolute Gasteiger partial charge is 0.490 e. The first-order valence-corrected chi connectivity index (χ1v) is 12.8. The van der Waals surface area contributed by atoms with Gasteiger partial charge >= 0.3 is 0 Å². The first-order chi connectivity index (χ1) is 15.6. The van der Waals surface area contributed by atoms with Crippen molar-refractivity contribution in [2.24, 2.45) is 5.92 Å². The van der Waals surface area contributed by atoms with E-state index in [4.69, 9.17) is 4.74 Å². The van der Waals surface area contributed by atoms with E-state index in [0.29, 0.717) is 24.6 Å². The Morgan fingerprint density at radius 2 is 1.44 bits per heavy atom. The third-order valence-electron chi connectivity index (χ3n) is 6.20. The fourth-order valence-corrected chi connectivity index (χ4v) is 3.93. The molecule has 0 radical (unpaired) electrons. The molecule has 1 aromatic carbocycles. The SMILES string of the molecule is CCCCCCCCCc1ccc(-c2ncc(OCCC(F)C(C)CCCC)cn2)cc1. The minimum Gasteiger partial charge on any atom is -0.490 e. The van der Waals surface area contributed by atoms with Crippen molar-refractivity contribution in [2.45, 2.75) is 104 Å². The van der Waals surface area contributed by atoms with Crippen molar-refractivity contribution in [1.29, 1.82) is 0 Å². The summed E-state index contributed by atoms with van der Waals surface area (Å²) in [5.41, 5.74) is 2.38. The number of nitrogens with zero attached hydrogens (tertiary/aromatic N) is 2. The van der Waals surface area contributed by atoms with Crippen molar-refractivity contribution in [3.05, 3.63) is 42.2 Å². The van der Waals surface area contributed by atoms with Gasteiger partial charge in [-0.25, -0.2) is 14.4 Å². The molecule has 3 nitrogen and oxygen atoms in total. The summed E-state index contributed by atoms with van der Waals surface area (Å²) in [7, 11) is 0. The average molecular weight is 443 g/mol. The number of benzene rings is 1. The summed E-state index contributed by atoms with van der Waals surface area (Å²) < 4.78 is 19.9. The van der Waals surface area contributed by atoms with E-state index >= 15 is 0 Å². The Morgan fingerprint density at radius 3 is 2.09 bits per heavy atom. The smallest absolute Gasteiger partial charge is 0.159 e. The highest BCUT2D eigenvalue weighted by molar-refractivity contribution is 5.55. The Hall–Kier alpha value is -1.97. The predicted octanol–water partition coefficient (Wildman–Crippen LogP) is 8.37. The molecule has 1 heterocycles. The van der Waals surface area contributed by atoms with E-state index in [1.54, 1.807) is 12.4 Å². The van der Waals surface area contributed by atoms with Gasteiger partial charge in [0.1, 0.15) is 6.17 Å². The van der Waals surface area contributed by atoms with Crippen molar-refractivity contribution < 1.29 is 9.13 Å². The van der Waals surface area contributed by atoms with Gasteiger partial charge in [-0.3, -0.25) is 0 Å². The lowest BCUT2D eigenvalue weighted by molar-refractivity contribution is 0.177. The molecule has 0 amide bonds. The number of unbranched alkanes of at least 4 members (excludes halogenated alkanes) is 7. The van der Waals surface area contributed by atoms with E-state index in [-0.39, 0.29) is 5.92 Å². The van der Waals surface area contributed by atoms with Crippen LogP contribution in [0.3, 0.4) is 0 Å². The number of hydrogen-bond acceptors (Lipinski definition) is 3. The van der Waals surface area contributed by atoms with Crippen LogP contribution in [0.4, 0.5) is 4.39 Å². The van der Waals surface area contributed by atoms with E-state index in [9.17, 15) is 4.39 Å². The third-order valence-corrected chi connectivity index (χ3v) is 6.20. The van der Waals surface area contributed by atoms with Gasteiger partial charge in [0.25, 0.3) is 0 Å². The molecule has 4 heteroatoms. The topological polar surface area (TPSA) is 35.0 Å². The molecule has 2 rings (SSSR count). The number of alkyl halides is 1. The van der Waals surface area contributed by atoms with Crippen LogP contribution >= 0.6 is 0 Å². The molecule has 0 aliphatic rings. The highest BCUT2D eigenvalue weighted by atomic mass is 19.1. The van der Waals surface area contributed by atoms with E-state index < -0.39 is 6.17 Å². The van der Waals surface area contributed by atoms with Crippen LogP contribution in [-0.4, -0.2) is 22.7 Å². The summed E-state index contributed by atoms with van der Waals surface area (Å²) in [5, 5.41) is 0. The molecule has 0 aliphatic heterocycles. The minimum atomic E-state index is -0.818. The van der Waals surface area contributed by atoms with Crippen LogP contribution in [0, 0.1) is 5.92 Å². The van der Waals surface area contributed by atoms with Gasteiger partial charge in [0.2, 0.25) is 0 Å². The zero-order valence-electron chi connectivity index (χ0n) is 20.5. The number of aryl methyl sites for hydroxylation is 1. The second-order valence-electron chi connectivity index (χ2n) is 9.08. The van der Waals surface area contributed by atoms with E-state index in [2.05, 4.69) is 48.1 Å². The maximum absolute atomic E-state index is 14.2. The van der Waals surface area contributed by atoms with E-state index in [0.717, 1.165) is 31.2 Å². The average Bonchev–Trinajstić information content (AvgIpc) is 2.82. The van der Waals surface area contributed by atoms with Crippen LogP contribution in [0.15, 0.2) is 36.7 Å². The third kappa shape index (κ3) is 10.1. The normalized spacial score (nSPS) is 13.1. The van der Waals surface area contributed by atoms with Gasteiger partial charge in [-0.2, -0.15) is 0 Å². The summed E-state index contributed by atoms with van der Waals surface area (Å²) in [5.74, 6) is 1.38. The van der Waals surface area contributed by atoms with Crippen LogP contribution < -0.4 is 4.74 Å². The van der Waals surface area contributed by atoms with Gasteiger partial charge in [0, 0.05) is 12.0 Å². The summed E-state index contributed by atoms with van der Waals surface area (Å²) in [6, 6.07) is 8.55. The molecule has 0 fully saturated rings. The van der Waals surface area contributed by atoms with Crippen molar-refractivity contribution in [3.63, 3.8) is 0 Å². The molecule has 2 unspecified atom stereocenters. The van der Waals surface area contributed by atoms with Crippen molar-refractivity contribution in [3.8, 4) is 17.1 Å². The van der Waals surface area contributed by atoms with Gasteiger partial charge in [-0.05, 0) is 30.7 Å². The summed E-state index contributed by atoms with van der Waals surface area (Å²) >= 11 is 0. The number of hydrogen-bond donors (Lipinski definition) is 0. The number of halogens is 1. The first-order valence-electron chi connectivity index (χ1n) is 12.8. The summed E-state index contributed by atoms with van der Waals surface area (Å²) in [6.45, 7) is 6.74. The maximum Gasteiger partial charge on any atom is 0.159 e. The zero-order valence-corrected chi connectivity index (χ0v) is 20.5. The predicted molar refractivity (Wildman–Crippen MR) is 133 cm³/mol. The molecule has 0 spiro atoms. The van der Waals surface area contributed by atoms with Gasteiger partial charge < -0.3 is 4.74 Å². The summed E-state index contributed by atoms with van der Waals surface area (Å²) in [4.78, 5) is 8.87. The molecule has 32 heavy (non-hydrogen) atoms. The summed E-state index contributed by atoms with van der Waals surface area (Å²) in [6.07, 6.45) is 16.6. The van der Waals surface area contributed by atoms with Gasteiger partial charge in [0.15, 0.2) is 11.6 Å². The number of ether oxygens (including phenoxy) is 1. The molecule has 1 aromatic heterocycles. The van der Waals surface area contributed by atoms with Gasteiger partial charge in [-0.15, -0.1) is 0 Å². The number of rotatable bonds is 17. The molecule has 0 saturated carbocycles. The van der Waals surface area contributed by atoms with Crippen LogP contribution in [0.25, 0.3) is 11.4 Å². The lowest BCUT2D eigenvalue weighted by Gasteiger charge is -2.16. The fourth-order valence-electron chi connectivity index (χ4n) is 3.93. The van der Waals surface area contributed by atoms with Crippen LogP contribution in [0.5, 0.6) is 5.75 Å². The molecule has 0 bridgehead atoms. The second kappa shape index (κ2) is 15.8. The van der Waals surface area contributed by atoms with Crippen LogP contribution in [0.2, 0.25) is 0 Å². The molecule has 0 N–H and O–H groups in total. The quantitative estimate of drug-likeness (QED) is 0.231. The second-order valence-corrected chi connectivity index (χ2v) is 9.08. The Kier molecular flexibility index (Phi) is 13.0. The molecule has 2 atom stereocenters. The Labute approximate surface area is 195 Å². The highest BCUT2D eigenvalue weighted by Crippen LogP contribution is 2.21. The van der Waals surface area contributed by atoms with E-state index in [1.807, 2.05) is 6.92 Å². The van der Waals surface area contributed by atoms with Crippen molar-refractivity contribution in [2.75, 3.05) is 6.61 Å². The molecule has 2 aromatic rings. The Morgan fingerprint density at radius 1 is 0.812 bits per heavy atom. The van der Waals surface area contributed by atoms with E-state index in [1.165, 1.54) is 50.5 Å². The zero-order chi connectivity index (χ0) is 23.0. The maximum atomic E-state index is 14.2. The Balaban J connectivity index is 1.71. The molecule has 178 valence electrons. The molecular formula is C28H43FN2O. The molecule has 0 aliphatic carbocycles. The van der Waals surface area contributed by atoms with Crippen molar-refractivity contribution in [1.82, 2.24) is 9.97 Å². The fraction of sp³-hybridized carbons (Fsp3) is 0.643. The van der Waals surface area contributed by atoms with Crippen molar-refractivity contribution >= 4 is 0 Å². The number of aromatic nitrogens is 2. The Bertz CT molecular complexity index is 717. The standard InChI is InChI=1S/C28H43FN2O/c1-4-6-8-9-10-11-12-14-24-15-17-25(18-16-24)28-30-21-26(22-31-28)32-20-19-27(29)23(3)13-7-5-2/h15-18,21-23,27H,4-14,19-20H2,1-3H3. The highest BCUT2D eigenvalue weighted by Gasteiger charge is 2.15. The van der Waals surface area contributed by atoms with Gasteiger partial charge in [-0.1, -0.05) is 96.4 Å². The minimum absolute atomic E-state index is 0.0888. The molecule has 0 saturated heterocycles. The first kappa shape index (κ1) is 26.3. The lowest BCUT2D eigenvalue weighted by Crippen LogP contribution is -2.16. The molecular weight excluding hydrogens is 399 g/mol. The lowest BCUT2D eigenvalue weighted by atomic mass is 9.97. The van der Waals surface area contributed by atoms with Crippen LogP contribution in [0.1, 0.15) is 97.0 Å². The van der Waals surface area contributed by atoms with Crippen LogP contribution in [-0.2, 0) is 6.42 Å². The van der Waals surface area contributed by atoms with Gasteiger partial charge in [0.05, 0.1) is 19.0 Å².